The van der Waals surface area contributed by atoms with E-state index < -0.39 is 29.4 Å². The predicted molar refractivity (Wildman–Crippen MR) is 142 cm³/mol. The molecule has 3 unspecified atom stereocenters. The van der Waals surface area contributed by atoms with Gasteiger partial charge in [-0.05, 0) is 37.6 Å². The van der Waals surface area contributed by atoms with E-state index in [1.807, 2.05) is 42.6 Å². The third-order valence-electron chi connectivity index (χ3n) is 6.42. The molecule has 1 aliphatic heterocycles. The molecule has 0 amide bonds. The maximum atomic E-state index is 13.6. The molecule has 4 rings (SSSR count). The number of thiazole rings is 1. The van der Waals surface area contributed by atoms with Crippen molar-refractivity contribution in [3.8, 4) is 11.3 Å². The lowest BCUT2D eigenvalue weighted by Gasteiger charge is -2.47. The number of hydrogen-bond donors (Lipinski definition) is 2. The molecule has 7 nitrogen and oxygen atoms in total. The Bertz CT molecular complexity index is 1330. The zero-order valence-corrected chi connectivity index (χ0v) is 22.4. The molecule has 0 radical (unpaired) electrons. The molecule has 0 saturated carbocycles. The topological polar surface area (TPSA) is 89.5 Å². The van der Waals surface area contributed by atoms with Crippen molar-refractivity contribution in [3.63, 3.8) is 0 Å². The summed E-state index contributed by atoms with van der Waals surface area (Å²) < 4.78 is 10.5. The zero-order valence-electron chi connectivity index (χ0n) is 20.1. The molecule has 0 fully saturated rings. The molecule has 3 aromatic rings. The minimum Gasteiger partial charge on any atom is -0.468 e. The molecule has 10 heteroatoms. The summed E-state index contributed by atoms with van der Waals surface area (Å²) in [4.78, 5) is 31.4. The highest BCUT2D eigenvalue weighted by Crippen LogP contribution is 2.43. The molecular weight excluding hydrogens is 521 g/mol. The zero-order chi connectivity index (χ0) is 26.0. The molecule has 0 saturated heterocycles. The SMILES string of the molecule is COC(=O)C1=C(C)NC(C)C(C(=O)OC)(c2ccccc2)C1Nc1nc(-c2ccc(Cl)cc2Cl)cs1. The summed E-state index contributed by atoms with van der Waals surface area (Å²) >= 11 is 13.8. The largest absolute Gasteiger partial charge is 0.468 e. The van der Waals surface area contributed by atoms with Crippen LogP contribution in [-0.2, 0) is 24.5 Å². The van der Waals surface area contributed by atoms with Crippen LogP contribution in [-0.4, -0.2) is 43.2 Å². The van der Waals surface area contributed by atoms with Crippen molar-refractivity contribution in [1.29, 1.82) is 0 Å². The molecule has 2 aromatic carbocycles. The van der Waals surface area contributed by atoms with E-state index >= 15 is 0 Å². The van der Waals surface area contributed by atoms with Crippen molar-refractivity contribution in [2.75, 3.05) is 19.5 Å². The number of nitrogens with one attached hydrogen (secondary N) is 2. The first-order chi connectivity index (χ1) is 17.2. The number of ether oxygens (including phenoxy) is 2. The van der Waals surface area contributed by atoms with Gasteiger partial charge in [0, 0.05) is 27.7 Å². The Morgan fingerprint density at radius 1 is 1.11 bits per heavy atom. The number of carbonyl (C=O) groups excluding carboxylic acids is 2. The van der Waals surface area contributed by atoms with Gasteiger partial charge in [0.05, 0.1) is 36.6 Å². The molecule has 36 heavy (non-hydrogen) atoms. The minimum atomic E-state index is -1.32. The van der Waals surface area contributed by atoms with Gasteiger partial charge in [0.15, 0.2) is 5.13 Å². The summed E-state index contributed by atoms with van der Waals surface area (Å²) in [7, 11) is 2.65. The average Bonchev–Trinajstić information content (AvgIpc) is 3.32. The van der Waals surface area contributed by atoms with Crippen LogP contribution in [0.5, 0.6) is 0 Å². The van der Waals surface area contributed by atoms with E-state index in [0.29, 0.717) is 37.7 Å². The van der Waals surface area contributed by atoms with Crippen LogP contribution in [0, 0.1) is 0 Å². The van der Waals surface area contributed by atoms with E-state index in [0.717, 1.165) is 0 Å². The summed E-state index contributed by atoms with van der Waals surface area (Å²) in [6, 6.07) is 13.1. The second kappa shape index (κ2) is 10.5. The summed E-state index contributed by atoms with van der Waals surface area (Å²) in [5.74, 6) is -1.07. The number of benzene rings is 2. The quantitative estimate of drug-likeness (QED) is 0.398. The van der Waals surface area contributed by atoms with Gasteiger partial charge in [0.2, 0.25) is 0 Å². The van der Waals surface area contributed by atoms with Gasteiger partial charge in [-0.25, -0.2) is 9.78 Å². The number of carbonyl (C=O) groups is 2. The van der Waals surface area contributed by atoms with Crippen LogP contribution in [0.4, 0.5) is 5.13 Å². The number of rotatable bonds is 6. The third kappa shape index (κ3) is 4.45. The van der Waals surface area contributed by atoms with E-state index in [1.54, 1.807) is 25.1 Å². The van der Waals surface area contributed by atoms with Crippen LogP contribution in [0.15, 0.2) is 65.2 Å². The Hall–Kier alpha value is -3.07. The monoisotopic (exact) mass is 545 g/mol. The average molecular weight is 546 g/mol. The normalized spacial score (nSPS) is 21.5. The van der Waals surface area contributed by atoms with Gasteiger partial charge in [-0.15, -0.1) is 11.3 Å². The smallest absolute Gasteiger partial charge is 0.337 e. The van der Waals surface area contributed by atoms with E-state index in [2.05, 4.69) is 10.6 Å². The predicted octanol–water partition coefficient (Wildman–Crippen LogP) is 5.45. The van der Waals surface area contributed by atoms with Crippen molar-refractivity contribution >= 4 is 51.6 Å². The fourth-order valence-electron chi connectivity index (χ4n) is 4.77. The highest BCUT2D eigenvalue weighted by molar-refractivity contribution is 7.14. The summed E-state index contributed by atoms with van der Waals surface area (Å²) in [6.45, 7) is 3.67. The van der Waals surface area contributed by atoms with E-state index in [9.17, 15) is 9.59 Å². The van der Waals surface area contributed by atoms with Crippen molar-refractivity contribution < 1.29 is 19.1 Å². The van der Waals surface area contributed by atoms with E-state index in [1.165, 1.54) is 25.6 Å². The molecule has 188 valence electrons. The Morgan fingerprint density at radius 3 is 2.47 bits per heavy atom. The molecular formula is C26H25Cl2N3O4S. The van der Waals surface area contributed by atoms with Crippen LogP contribution < -0.4 is 10.6 Å². The fraction of sp³-hybridized carbons (Fsp3) is 0.269. The van der Waals surface area contributed by atoms with E-state index in [-0.39, 0.29) is 5.57 Å². The van der Waals surface area contributed by atoms with Gasteiger partial charge in [0.25, 0.3) is 0 Å². The Labute approximate surface area is 223 Å². The van der Waals surface area contributed by atoms with Crippen molar-refractivity contribution in [2.24, 2.45) is 0 Å². The van der Waals surface area contributed by atoms with Crippen molar-refractivity contribution in [2.45, 2.75) is 31.3 Å². The Morgan fingerprint density at radius 2 is 1.83 bits per heavy atom. The van der Waals surface area contributed by atoms with Gasteiger partial charge >= 0.3 is 11.9 Å². The van der Waals surface area contributed by atoms with Gasteiger partial charge in [0.1, 0.15) is 5.41 Å². The second-order valence-electron chi connectivity index (χ2n) is 8.36. The highest BCUT2D eigenvalue weighted by Gasteiger charge is 2.58. The third-order valence-corrected chi connectivity index (χ3v) is 7.74. The Kier molecular flexibility index (Phi) is 7.59. The maximum Gasteiger partial charge on any atom is 0.337 e. The summed E-state index contributed by atoms with van der Waals surface area (Å²) in [6.07, 6.45) is 0. The molecule has 0 spiro atoms. The number of anilines is 1. The first-order valence-corrected chi connectivity index (χ1v) is 12.7. The van der Waals surface area contributed by atoms with Crippen molar-refractivity contribution in [1.82, 2.24) is 10.3 Å². The molecule has 3 atom stereocenters. The fourth-order valence-corrected chi connectivity index (χ4v) is 6.02. The Balaban J connectivity index is 1.88. The summed E-state index contributed by atoms with van der Waals surface area (Å²) in [5, 5.41) is 10.0. The number of hydrogen-bond acceptors (Lipinski definition) is 8. The second-order valence-corrected chi connectivity index (χ2v) is 10.1. The minimum absolute atomic E-state index is 0.283. The standard InChI is InChI=1S/C26H25Cl2N3O4S/c1-14-21(23(32)34-3)22(26(15(2)29-14,24(33)35-4)16-8-6-5-7-9-16)31-25-30-20(13-36-25)18-11-10-17(27)12-19(18)28/h5-13,15,22,29H,1-4H3,(H,30,31). The van der Waals surface area contributed by atoms with E-state index in [4.69, 9.17) is 37.7 Å². The van der Waals surface area contributed by atoms with Crippen molar-refractivity contribution in [3.05, 3.63) is 80.8 Å². The van der Waals surface area contributed by atoms with Gasteiger partial charge < -0.3 is 20.1 Å². The highest BCUT2D eigenvalue weighted by atomic mass is 35.5. The van der Waals surface area contributed by atoms with Gasteiger partial charge in [-0.3, -0.25) is 4.79 Å². The first kappa shape index (κ1) is 26.0. The molecule has 2 N–H and O–H groups in total. The number of methoxy groups -OCH3 is 2. The van der Waals surface area contributed by atoms with Crippen LogP contribution in [0.1, 0.15) is 19.4 Å². The first-order valence-electron chi connectivity index (χ1n) is 11.1. The molecule has 0 bridgehead atoms. The van der Waals surface area contributed by atoms with Crippen LogP contribution in [0.25, 0.3) is 11.3 Å². The lowest BCUT2D eigenvalue weighted by molar-refractivity contribution is -0.149. The number of allylic oxidation sites excluding steroid dienone is 1. The number of halogens is 2. The van der Waals surface area contributed by atoms with Gasteiger partial charge in [-0.1, -0.05) is 53.5 Å². The summed E-state index contributed by atoms with van der Waals surface area (Å²) in [5.41, 5.74) is 1.59. The van der Waals surface area contributed by atoms with Crippen LogP contribution in [0.2, 0.25) is 10.0 Å². The maximum absolute atomic E-state index is 13.6. The van der Waals surface area contributed by atoms with Crippen LogP contribution >= 0.6 is 34.5 Å². The number of aromatic nitrogens is 1. The van der Waals surface area contributed by atoms with Gasteiger partial charge in [-0.2, -0.15) is 0 Å². The molecule has 1 aromatic heterocycles. The lowest BCUT2D eigenvalue weighted by Crippen LogP contribution is -2.65. The molecule has 1 aliphatic rings. The molecule has 2 heterocycles. The number of nitrogens with zero attached hydrogens (tertiary/aromatic N) is 1. The van der Waals surface area contributed by atoms with Crippen LogP contribution in [0.3, 0.4) is 0 Å². The number of esters is 2. The lowest BCUT2D eigenvalue weighted by atomic mass is 9.64. The molecule has 0 aliphatic carbocycles.